The van der Waals surface area contributed by atoms with Crippen LogP contribution in [-0.2, 0) is 34.0 Å². The molecule has 0 bridgehead atoms. The third-order valence-corrected chi connectivity index (χ3v) is 6.89. The monoisotopic (exact) mass is 473 g/mol. The van der Waals surface area contributed by atoms with Crippen molar-refractivity contribution in [2.24, 2.45) is 5.92 Å². The zero-order valence-corrected chi connectivity index (χ0v) is 19.6. The predicted octanol–water partition coefficient (Wildman–Crippen LogP) is 4.56. The van der Waals surface area contributed by atoms with Crippen LogP contribution < -0.4 is 0 Å². The van der Waals surface area contributed by atoms with E-state index in [4.69, 9.17) is 14.2 Å². The van der Waals surface area contributed by atoms with Crippen molar-refractivity contribution < 1.29 is 24.1 Å². The quantitative estimate of drug-likeness (QED) is 0.494. The molecule has 5 rings (SSSR count). The van der Waals surface area contributed by atoms with E-state index >= 15 is 0 Å². The maximum Gasteiger partial charge on any atom is 0.410 e. The Morgan fingerprint density at radius 2 is 1.29 bits per heavy atom. The van der Waals surface area contributed by atoms with E-state index in [1.165, 1.54) is 0 Å². The van der Waals surface area contributed by atoms with Crippen molar-refractivity contribution in [3.05, 3.63) is 108 Å². The predicted molar refractivity (Wildman–Crippen MR) is 131 cm³/mol. The number of benzene rings is 3. The van der Waals surface area contributed by atoms with E-state index in [9.17, 15) is 9.90 Å². The number of carbonyl (C=O) groups excluding carboxylic acids is 1. The SMILES string of the molecule is O=C1O[C@H]2C[C@H](CO)[C@@H](OCc3ccccc3)[C@H](OCc3ccccc3)[C@H]2N1Cc1ccccc1. The van der Waals surface area contributed by atoms with E-state index in [2.05, 4.69) is 0 Å². The summed E-state index contributed by atoms with van der Waals surface area (Å²) in [4.78, 5) is 14.8. The second-order valence-corrected chi connectivity index (χ2v) is 9.23. The molecule has 182 valence electrons. The molecule has 2 aliphatic rings. The Balaban J connectivity index is 1.43. The molecule has 1 saturated heterocycles. The summed E-state index contributed by atoms with van der Waals surface area (Å²) in [7, 11) is 0. The summed E-state index contributed by atoms with van der Waals surface area (Å²) >= 11 is 0. The van der Waals surface area contributed by atoms with Crippen LogP contribution in [0.5, 0.6) is 0 Å². The molecule has 1 amide bonds. The number of hydrogen-bond donors (Lipinski definition) is 1. The number of aliphatic hydroxyl groups is 1. The minimum Gasteiger partial charge on any atom is -0.444 e. The van der Waals surface area contributed by atoms with E-state index in [0.29, 0.717) is 26.2 Å². The maximum absolute atomic E-state index is 13.0. The lowest BCUT2D eigenvalue weighted by Gasteiger charge is -2.44. The number of carbonyl (C=O) groups is 1. The highest BCUT2D eigenvalue weighted by Crippen LogP contribution is 2.39. The first-order chi connectivity index (χ1) is 17.2. The Morgan fingerprint density at radius 3 is 1.83 bits per heavy atom. The summed E-state index contributed by atoms with van der Waals surface area (Å²) in [5, 5.41) is 10.3. The van der Waals surface area contributed by atoms with Crippen LogP contribution >= 0.6 is 0 Å². The summed E-state index contributed by atoms with van der Waals surface area (Å²) in [5.41, 5.74) is 3.11. The Labute approximate surface area is 206 Å². The minimum absolute atomic E-state index is 0.0654. The van der Waals surface area contributed by atoms with Crippen molar-refractivity contribution in [3.8, 4) is 0 Å². The fourth-order valence-electron chi connectivity index (χ4n) is 5.15. The molecule has 0 spiro atoms. The van der Waals surface area contributed by atoms with Crippen LogP contribution in [0.2, 0.25) is 0 Å². The molecule has 3 aromatic carbocycles. The van der Waals surface area contributed by atoms with Gasteiger partial charge in [-0.2, -0.15) is 0 Å². The van der Waals surface area contributed by atoms with Crippen LogP contribution in [-0.4, -0.2) is 47.1 Å². The fourth-order valence-corrected chi connectivity index (χ4v) is 5.15. The number of ether oxygens (including phenoxy) is 3. The molecule has 6 nitrogen and oxygen atoms in total. The Morgan fingerprint density at radius 1 is 0.771 bits per heavy atom. The van der Waals surface area contributed by atoms with Gasteiger partial charge in [-0.15, -0.1) is 0 Å². The molecule has 1 aliphatic heterocycles. The molecule has 1 aliphatic carbocycles. The van der Waals surface area contributed by atoms with E-state index in [-0.39, 0.29) is 30.8 Å². The third-order valence-electron chi connectivity index (χ3n) is 6.89. The van der Waals surface area contributed by atoms with Crippen LogP contribution in [0.25, 0.3) is 0 Å². The standard InChI is InChI=1S/C29H31NO5/c31-18-24-16-25-26(30(29(32)35-25)17-21-10-4-1-5-11-21)28(34-20-23-14-8-3-9-15-23)27(24)33-19-22-12-6-2-7-13-22/h1-15,24-28,31H,16-20H2/t24-,25+,26+,27-,28-/m1/s1. The van der Waals surface area contributed by atoms with Crippen molar-refractivity contribution in [1.29, 1.82) is 0 Å². The molecule has 1 heterocycles. The van der Waals surface area contributed by atoms with Crippen molar-refractivity contribution in [2.45, 2.75) is 50.5 Å². The van der Waals surface area contributed by atoms with Gasteiger partial charge in [-0.05, 0) is 23.1 Å². The number of rotatable bonds is 9. The summed E-state index contributed by atoms with van der Waals surface area (Å²) in [5.74, 6) is -0.204. The van der Waals surface area contributed by atoms with Gasteiger partial charge in [0.1, 0.15) is 18.2 Å². The van der Waals surface area contributed by atoms with Gasteiger partial charge in [0.2, 0.25) is 0 Å². The lowest BCUT2D eigenvalue weighted by Crippen LogP contribution is -2.59. The highest BCUT2D eigenvalue weighted by Gasteiger charge is 2.55. The van der Waals surface area contributed by atoms with Crippen molar-refractivity contribution in [3.63, 3.8) is 0 Å². The third kappa shape index (κ3) is 5.40. The first-order valence-electron chi connectivity index (χ1n) is 12.2. The van der Waals surface area contributed by atoms with Gasteiger partial charge in [0.25, 0.3) is 0 Å². The van der Waals surface area contributed by atoms with Crippen LogP contribution in [0.4, 0.5) is 4.79 Å². The molecule has 1 saturated carbocycles. The van der Waals surface area contributed by atoms with E-state index in [1.807, 2.05) is 91.0 Å². The van der Waals surface area contributed by atoms with Gasteiger partial charge in [-0.1, -0.05) is 91.0 Å². The smallest absolute Gasteiger partial charge is 0.410 e. The van der Waals surface area contributed by atoms with Gasteiger partial charge in [0, 0.05) is 19.1 Å². The summed E-state index contributed by atoms with van der Waals surface area (Å²) in [6, 6.07) is 29.5. The van der Waals surface area contributed by atoms with Gasteiger partial charge in [0.05, 0.1) is 19.3 Å². The highest BCUT2D eigenvalue weighted by atomic mass is 16.6. The zero-order chi connectivity index (χ0) is 24.0. The summed E-state index contributed by atoms with van der Waals surface area (Å²) in [6.45, 7) is 1.15. The molecule has 0 radical (unpaired) electrons. The zero-order valence-electron chi connectivity index (χ0n) is 19.6. The summed E-state index contributed by atoms with van der Waals surface area (Å²) in [6.07, 6.45) is -1.02. The topological polar surface area (TPSA) is 68.2 Å². The number of fused-ring (bicyclic) bond motifs is 1. The summed E-state index contributed by atoms with van der Waals surface area (Å²) < 4.78 is 18.8. The molecule has 3 aromatic rings. The first-order valence-corrected chi connectivity index (χ1v) is 12.2. The maximum atomic E-state index is 13.0. The van der Waals surface area contributed by atoms with Gasteiger partial charge < -0.3 is 19.3 Å². The number of nitrogens with zero attached hydrogens (tertiary/aromatic N) is 1. The van der Waals surface area contributed by atoms with Crippen molar-refractivity contribution in [1.82, 2.24) is 4.90 Å². The molecule has 35 heavy (non-hydrogen) atoms. The fraction of sp³-hybridized carbons (Fsp3) is 0.345. The highest BCUT2D eigenvalue weighted by molar-refractivity contribution is 5.71. The average molecular weight is 474 g/mol. The molecule has 6 heteroatoms. The lowest BCUT2D eigenvalue weighted by molar-refractivity contribution is -0.168. The van der Waals surface area contributed by atoms with Gasteiger partial charge in [0.15, 0.2) is 0 Å². The van der Waals surface area contributed by atoms with Crippen LogP contribution in [0.1, 0.15) is 23.1 Å². The van der Waals surface area contributed by atoms with Crippen LogP contribution in [0, 0.1) is 5.92 Å². The average Bonchev–Trinajstić information content (AvgIpc) is 3.22. The van der Waals surface area contributed by atoms with E-state index < -0.39 is 12.2 Å². The normalized spacial score (nSPS) is 25.8. The number of aliphatic hydroxyl groups excluding tert-OH is 1. The van der Waals surface area contributed by atoms with Crippen LogP contribution in [0.15, 0.2) is 91.0 Å². The Hall–Kier alpha value is -3.19. The Bertz CT molecular complexity index is 1080. The first kappa shape index (κ1) is 23.5. The second-order valence-electron chi connectivity index (χ2n) is 9.23. The van der Waals surface area contributed by atoms with Gasteiger partial charge in [-0.3, -0.25) is 4.90 Å². The molecule has 1 N–H and O–H groups in total. The van der Waals surface area contributed by atoms with Crippen LogP contribution in [0.3, 0.4) is 0 Å². The molecular formula is C29H31NO5. The molecule has 2 fully saturated rings. The van der Waals surface area contributed by atoms with Crippen molar-refractivity contribution in [2.75, 3.05) is 6.61 Å². The molecular weight excluding hydrogens is 442 g/mol. The second kappa shape index (κ2) is 11.0. The number of hydrogen-bond acceptors (Lipinski definition) is 5. The lowest BCUT2D eigenvalue weighted by atomic mass is 9.79. The number of amides is 1. The van der Waals surface area contributed by atoms with Gasteiger partial charge in [-0.25, -0.2) is 4.79 Å². The Kier molecular flexibility index (Phi) is 7.42. The molecule has 0 unspecified atom stereocenters. The minimum atomic E-state index is -0.454. The van der Waals surface area contributed by atoms with Gasteiger partial charge >= 0.3 is 6.09 Å². The largest absolute Gasteiger partial charge is 0.444 e. The van der Waals surface area contributed by atoms with E-state index in [0.717, 1.165) is 16.7 Å². The molecule has 5 atom stereocenters. The van der Waals surface area contributed by atoms with E-state index in [1.54, 1.807) is 4.90 Å². The molecule has 0 aromatic heterocycles. The van der Waals surface area contributed by atoms with Crippen molar-refractivity contribution >= 4 is 6.09 Å².